The first-order valence-electron chi connectivity index (χ1n) is 3.00. The molecule has 0 aliphatic heterocycles. The summed E-state index contributed by atoms with van der Waals surface area (Å²) in [6.45, 7) is 1.94. The number of benzene rings is 1. The molecule has 1 nitrogen and oxygen atoms in total. The third kappa shape index (κ3) is 1.35. The van der Waals surface area contributed by atoms with E-state index in [1.54, 1.807) is 0 Å². The van der Waals surface area contributed by atoms with Crippen LogP contribution in [0.15, 0.2) is 18.2 Å². The molecular formula is C8H8NP. The number of aryl methyl sites for hydroxylation is 1. The molecule has 0 aliphatic carbocycles. The summed E-state index contributed by atoms with van der Waals surface area (Å²) in [6, 6.07) is 7.83. The third-order valence-corrected chi connectivity index (χ3v) is 1.73. The highest BCUT2D eigenvalue weighted by atomic mass is 31.0. The molecule has 1 aromatic carbocycles. The van der Waals surface area contributed by atoms with Gasteiger partial charge >= 0.3 is 0 Å². The minimum atomic E-state index is 0.756. The molecule has 1 atom stereocenters. The van der Waals surface area contributed by atoms with Gasteiger partial charge in [-0.25, -0.2) is 0 Å². The van der Waals surface area contributed by atoms with Crippen molar-refractivity contribution in [3.63, 3.8) is 0 Å². The number of rotatable bonds is 0. The van der Waals surface area contributed by atoms with Crippen molar-refractivity contribution < 1.29 is 0 Å². The van der Waals surface area contributed by atoms with E-state index in [0.29, 0.717) is 0 Å². The van der Waals surface area contributed by atoms with E-state index in [0.717, 1.165) is 16.4 Å². The molecule has 50 valence electrons. The van der Waals surface area contributed by atoms with Crippen LogP contribution in [-0.2, 0) is 0 Å². The van der Waals surface area contributed by atoms with Crippen LogP contribution in [0, 0.1) is 18.3 Å². The van der Waals surface area contributed by atoms with Crippen LogP contribution in [0.4, 0.5) is 0 Å². The van der Waals surface area contributed by atoms with E-state index in [4.69, 9.17) is 5.26 Å². The zero-order valence-corrected chi connectivity index (χ0v) is 6.91. The number of hydrogen-bond donors (Lipinski definition) is 0. The molecule has 1 rings (SSSR count). The van der Waals surface area contributed by atoms with Gasteiger partial charge in [0.15, 0.2) is 0 Å². The van der Waals surface area contributed by atoms with E-state index in [1.165, 1.54) is 0 Å². The summed E-state index contributed by atoms with van der Waals surface area (Å²) in [5.41, 5.74) is 1.79. The predicted octanol–water partition coefficient (Wildman–Crippen LogP) is 1.37. The summed E-state index contributed by atoms with van der Waals surface area (Å²) in [5.74, 6) is 0. The molecule has 2 heteroatoms. The maximum absolute atomic E-state index is 8.55. The largest absolute Gasteiger partial charge is 0.192 e. The highest BCUT2D eigenvalue weighted by molar-refractivity contribution is 7.27. The molecular weight excluding hydrogens is 141 g/mol. The van der Waals surface area contributed by atoms with Crippen LogP contribution in [-0.4, -0.2) is 0 Å². The second-order valence-corrected chi connectivity index (χ2v) is 2.85. The van der Waals surface area contributed by atoms with Gasteiger partial charge in [0.2, 0.25) is 0 Å². The van der Waals surface area contributed by atoms with Gasteiger partial charge in [0.25, 0.3) is 0 Å². The van der Waals surface area contributed by atoms with Crippen LogP contribution >= 0.6 is 9.24 Å². The summed E-state index contributed by atoms with van der Waals surface area (Å²) in [6.07, 6.45) is 0. The first-order valence-corrected chi connectivity index (χ1v) is 3.58. The van der Waals surface area contributed by atoms with Crippen molar-refractivity contribution in [2.24, 2.45) is 0 Å². The zero-order chi connectivity index (χ0) is 7.56. The highest BCUT2D eigenvalue weighted by Gasteiger charge is 1.94. The van der Waals surface area contributed by atoms with Gasteiger partial charge in [0.1, 0.15) is 0 Å². The summed E-state index contributed by atoms with van der Waals surface area (Å²) in [7, 11) is 2.60. The second kappa shape index (κ2) is 2.82. The smallest absolute Gasteiger partial charge is 0.0994 e. The summed E-state index contributed by atoms with van der Waals surface area (Å²) in [5, 5.41) is 9.67. The van der Waals surface area contributed by atoms with Gasteiger partial charge in [-0.3, -0.25) is 0 Å². The van der Waals surface area contributed by atoms with Gasteiger partial charge in [0, 0.05) is 0 Å². The Bertz CT molecular complexity index is 286. The molecule has 0 heterocycles. The van der Waals surface area contributed by atoms with Crippen molar-refractivity contribution in [3.8, 4) is 6.07 Å². The molecule has 1 aromatic rings. The van der Waals surface area contributed by atoms with Crippen molar-refractivity contribution >= 4 is 14.5 Å². The lowest BCUT2D eigenvalue weighted by atomic mass is 10.1. The predicted molar refractivity (Wildman–Crippen MR) is 45.2 cm³/mol. The van der Waals surface area contributed by atoms with Crippen molar-refractivity contribution in [2.45, 2.75) is 6.92 Å². The maximum Gasteiger partial charge on any atom is 0.0994 e. The fraction of sp³-hybridized carbons (Fsp3) is 0.125. The number of hydrogen-bond acceptors (Lipinski definition) is 1. The van der Waals surface area contributed by atoms with Gasteiger partial charge in [-0.2, -0.15) is 5.26 Å². The molecule has 0 aliphatic rings. The Kier molecular flexibility index (Phi) is 2.04. The quantitative estimate of drug-likeness (QED) is 0.511. The lowest BCUT2D eigenvalue weighted by Crippen LogP contribution is -1.92. The molecule has 0 amide bonds. The number of nitrogens with zero attached hydrogens (tertiary/aromatic N) is 1. The Morgan fingerprint density at radius 2 is 2.20 bits per heavy atom. The van der Waals surface area contributed by atoms with Crippen molar-refractivity contribution in [1.29, 1.82) is 5.26 Å². The Labute approximate surface area is 62.9 Å². The average molecular weight is 149 g/mol. The molecule has 0 saturated heterocycles. The highest BCUT2D eigenvalue weighted by Crippen LogP contribution is 2.04. The van der Waals surface area contributed by atoms with Crippen molar-refractivity contribution in [1.82, 2.24) is 0 Å². The van der Waals surface area contributed by atoms with Gasteiger partial charge < -0.3 is 0 Å². The first kappa shape index (κ1) is 7.25. The minimum absolute atomic E-state index is 0.756. The van der Waals surface area contributed by atoms with Gasteiger partial charge in [0.05, 0.1) is 11.6 Å². The first-order chi connectivity index (χ1) is 4.74. The minimum Gasteiger partial charge on any atom is -0.192 e. The molecule has 0 aromatic heterocycles. The standard InChI is InChI=1S/C8H8NP/c1-6-4-8(10)3-2-7(6)5-9/h2-4H,10H2,1H3. The molecule has 0 spiro atoms. The van der Waals surface area contributed by atoms with E-state index >= 15 is 0 Å². The normalized spacial score (nSPS) is 8.90. The van der Waals surface area contributed by atoms with Gasteiger partial charge in [-0.15, -0.1) is 9.24 Å². The SMILES string of the molecule is Cc1cc(P)ccc1C#N. The lowest BCUT2D eigenvalue weighted by molar-refractivity contribution is 1.41. The lowest BCUT2D eigenvalue weighted by Gasteiger charge is -1.96. The van der Waals surface area contributed by atoms with Crippen LogP contribution in [0.1, 0.15) is 11.1 Å². The van der Waals surface area contributed by atoms with Crippen LogP contribution in [0.5, 0.6) is 0 Å². The van der Waals surface area contributed by atoms with E-state index in [9.17, 15) is 0 Å². The van der Waals surface area contributed by atoms with E-state index in [-0.39, 0.29) is 0 Å². The Morgan fingerprint density at radius 3 is 2.70 bits per heavy atom. The van der Waals surface area contributed by atoms with Crippen LogP contribution in [0.3, 0.4) is 0 Å². The molecule has 0 N–H and O–H groups in total. The van der Waals surface area contributed by atoms with Crippen molar-refractivity contribution in [2.75, 3.05) is 0 Å². The fourth-order valence-corrected chi connectivity index (χ4v) is 1.16. The molecule has 0 saturated carbocycles. The van der Waals surface area contributed by atoms with Crippen LogP contribution < -0.4 is 5.30 Å². The topological polar surface area (TPSA) is 23.8 Å². The monoisotopic (exact) mass is 149 g/mol. The Balaban J connectivity index is 3.23. The van der Waals surface area contributed by atoms with E-state index in [1.807, 2.05) is 25.1 Å². The summed E-state index contributed by atoms with van der Waals surface area (Å²) in [4.78, 5) is 0. The second-order valence-electron chi connectivity index (χ2n) is 2.19. The average Bonchev–Trinajstić information content (AvgIpc) is 1.88. The van der Waals surface area contributed by atoms with Gasteiger partial charge in [-0.05, 0) is 23.9 Å². The molecule has 10 heavy (non-hydrogen) atoms. The van der Waals surface area contributed by atoms with E-state index < -0.39 is 0 Å². The molecule has 1 unspecified atom stereocenters. The number of nitriles is 1. The van der Waals surface area contributed by atoms with Crippen LogP contribution in [0.2, 0.25) is 0 Å². The summed E-state index contributed by atoms with van der Waals surface area (Å²) >= 11 is 0. The third-order valence-electron chi connectivity index (χ3n) is 1.37. The van der Waals surface area contributed by atoms with Gasteiger partial charge in [-0.1, -0.05) is 12.1 Å². The summed E-state index contributed by atoms with van der Waals surface area (Å²) < 4.78 is 0. The van der Waals surface area contributed by atoms with Crippen LogP contribution in [0.25, 0.3) is 0 Å². The van der Waals surface area contributed by atoms with E-state index in [2.05, 4.69) is 15.3 Å². The molecule has 0 fully saturated rings. The zero-order valence-electron chi connectivity index (χ0n) is 5.76. The Hall–Kier alpha value is -0.860. The molecule has 0 radical (unpaired) electrons. The maximum atomic E-state index is 8.55. The van der Waals surface area contributed by atoms with Crippen molar-refractivity contribution in [3.05, 3.63) is 29.3 Å². The Morgan fingerprint density at radius 1 is 1.50 bits per heavy atom. The molecule has 0 bridgehead atoms. The fourth-order valence-electron chi connectivity index (χ4n) is 0.812.